The van der Waals surface area contributed by atoms with Gasteiger partial charge in [-0.15, -0.1) is 0 Å². The van der Waals surface area contributed by atoms with Gasteiger partial charge in [0.05, 0.1) is 11.4 Å². The summed E-state index contributed by atoms with van der Waals surface area (Å²) in [5.41, 5.74) is 1.01. The van der Waals surface area contributed by atoms with Crippen molar-refractivity contribution in [2.75, 3.05) is 5.33 Å². The number of rotatable bonds is 3. The van der Waals surface area contributed by atoms with Crippen molar-refractivity contribution in [2.24, 2.45) is 0 Å². The van der Waals surface area contributed by atoms with E-state index in [9.17, 15) is 4.79 Å². The molecule has 1 amide bonds. The molecule has 4 heteroatoms. The van der Waals surface area contributed by atoms with E-state index in [2.05, 4.69) is 26.2 Å². The third kappa shape index (κ3) is 3.14. The topological polar surface area (TPSA) is 42.0 Å². The monoisotopic (exact) mass is 242 g/mol. The van der Waals surface area contributed by atoms with Gasteiger partial charge in [0.1, 0.15) is 0 Å². The number of nitrogens with one attached hydrogen (secondary N) is 1. The van der Waals surface area contributed by atoms with Crippen molar-refractivity contribution in [1.82, 2.24) is 10.3 Å². The predicted octanol–water partition coefficient (Wildman–Crippen LogP) is 1.65. The molecule has 1 N–H and O–H groups in total. The van der Waals surface area contributed by atoms with Gasteiger partial charge in [-0.25, -0.2) is 0 Å². The van der Waals surface area contributed by atoms with Crippen molar-refractivity contribution in [1.29, 1.82) is 0 Å². The molecule has 0 fully saturated rings. The van der Waals surface area contributed by atoms with Gasteiger partial charge in [0.25, 0.3) is 0 Å². The zero-order valence-electron chi connectivity index (χ0n) is 7.33. The molecule has 13 heavy (non-hydrogen) atoms. The first-order valence-corrected chi connectivity index (χ1v) is 5.11. The number of amides is 1. The summed E-state index contributed by atoms with van der Waals surface area (Å²) in [7, 11) is 0. The molecule has 0 aliphatic carbocycles. The average molecular weight is 243 g/mol. The number of halogens is 1. The van der Waals surface area contributed by atoms with Crippen molar-refractivity contribution >= 4 is 21.8 Å². The van der Waals surface area contributed by atoms with Crippen LogP contribution in [0.4, 0.5) is 0 Å². The number of nitrogens with zero attached hydrogens (tertiary/aromatic N) is 1. The van der Waals surface area contributed by atoms with E-state index >= 15 is 0 Å². The molecule has 0 spiro atoms. The van der Waals surface area contributed by atoms with Crippen LogP contribution in [0.1, 0.15) is 18.5 Å². The average Bonchev–Trinajstić information content (AvgIpc) is 2.19. The summed E-state index contributed by atoms with van der Waals surface area (Å²) >= 11 is 3.09. The minimum atomic E-state index is -0.0173. The lowest BCUT2D eigenvalue weighted by Gasteiger charge is -2.12. The van der Waals surface area contributed by atoms with Gasteiger partial charge >= 0.3 is 0 Å². The zero-order valence-corrected chi connectivity index (χ0v) is 8.91. The molecule has 1 rings (SSSR count). The van der Waals surface area contributed by atoms with E-state index in [1.165, 1.54) is 0 Å². The Hall–Kier alpha value is -0.900. The summed E-state index contributed by atoms with van der Waals surface area (Å²) in [6.45, 7) is 1.93. The van der Waals surface area contributed by atoms with Gasteiger partial charge in [0, 0.05) is 12.4 Å². The van der Waals surface area contributed by atoms with E-state index in [1.54, 1.807) is 12.4 Å². The molecular weight excluding hydrogens is 232 g/mol. The third-order valence-corrected chi connectivity index (χ3v) is 2.19. The maximum Gasteiger partial charge on any atom is 0.231 e. The minimum absolute atomic E-state index is 0.0127. The van der Waals surface area contributed by atoms with Gasteiger partial charge in [-0.2, -0.15) is 0 Å². The van der Waals surface area contributed by atoms with Crippen LogP contribution in [0.25, 0.3) is 0 Å². The van der Waals surface area contributed by atoms with Gasteiger partial charge in [-0.05, 0) is 18.6 Å². The van der Waals surface area contributed by atoms with E-state index in [1.807, 2.05) is 19.1 Å². The number of hydrogen-bond acceptors (Lipinski definition) is 2. The van der Waals surface area contributed by atoms with Crippen LogP contribution >= 0.6 is 15.9 Å². The Kier molecular flexibility index (Phi) is 3.89. The fraction of sp³-hybridized carbons (Fsp3) is 0.333. The molecule has 1 heterocycles. The maximum absolute atomic E-state index is 11.0. The number of carbonyl (C=O) groups is 1. The van der Waals surface area contributed by atoms with Gasteiger partial charge in [0.2, 0.25) is 5.91 Å². The molecule has 0 saturated carbocycles. The quantitative estimate of drug-likeness (QED) is 0.820. The second-order valence-electron chi connectivity index (χ2n) is 2.71. The lowest BCUT2D eigenvalue weighted by Crippen LogP contribution is -2.27. The van der Waals surface area contributed by atoms with Crippen LogP contribution in [0.5, 0.6) is 0 Å². The number of hydrogen-bond donors (Lipinski definition) is 1. The highest BCUT2D eigenvalue weighted by Crippen LogP contribution is 2.09. The maximum atomic E-state index is 11.0. The second kappa shape index (κ2) is 4.97. The molecule has 0 radical (unpaired) electrons. The molecule has 3 nitrogen and oxygen atoms in total. The van der Waals surface area contributed by atoms with Crippen LogP contribution in [-0.4, -0.2) is 16.2 Å². The molecule has 0 aliphatic rings. The highest BCUT2D eigenvalue weighted by Gasteiger charge is 2.07. The summed E-state index contributed by atoms with van der Waals surface area (Å²) in [5.74, 6) is -0.0173. The highest BCUT2D eigenvalue weighted by atomic mass is 79.9. The Labute approximate surface area is 85.7 Å². The number of aromatic nitrogens is 1. The molecule has 0 aliphatic heterocycles. The van der Waals surface area contributed by atoms with Gasteiger partial charge < -0.3 is 5.32 Å². The number of alkyl halides is 1. The molecule has 0 saturated heterocycles. The van der Waals surface area contributed by atoms with E-state index < -0.39 is 0 Å². The number of pyridine rings is 1. The SMILES string of the molecule is C[C@@H](NC(=O)CBr)c1cccnc1. The van der Waals surface area contributed by atoms with Crippen LogP contribution in [-0.2, 0) is 4.79 Å². The number of carbonyl (C=O) groups excluding carboxylic acids is 1. The summed E-state index contributed by atoms with van der Waals surface area (Å²) in [4.78, 5) is 15.0. The smallest absolute Gasteiger partial charge is 0.231 e. The van der Waals surface area contributed by atoms with Crippen molar-refractivity contribution in [3.8, 4) is 0 Å². The first-order valence-electron chi connectivity index (χ1n) is 3.99. The normalized spacial score (nSPS) is 12.2. The predicted molar refractivity (Wildman–Crippen MR) is 54.6 cm³/mol. The lowest BCUT2D eigenvalue weighted by molar-refractivity contribution is -0.119. The van der Waals surface area contributed by atoms with Crippen LogP contribution in [0, 0.1) is 0 Å². The van der Waals surface area contributed by atoms with Crippen molar-refractivity contribution < 1.29 is 4.79 Å². The molecule has 1 aromatic heterocycles. The summed E-state index contributed by atoms with van der Waals surface area (Å²) in [5, 5.41) is 3.15. The lowest BCUT2D eigenvalue weighted by atomic mass is 10.1. The van der Waals surface area contributed by atoms with E-state index in [0.717, 1.165) is 5.56 Å². The molecule has 0 aromatic carbocycles. The van der Waals surface area contributed by atoms with Crippen molar-refractivity contribution in [2.45, 2.75) is 13.0 Å². The Morgan fingerprint density at radius 2 is 2.54 bits per heavy atom. The Morgan fingerprint density at radius 1 is 1.77 bits per heavy atom. The summed E-state index contributed by atoms with van der Waals surface area (Å²) < 4.78 is 0. The highest BCUT2D eigenvalue weighted by molar-refractivity contribution is 9.09. The van der Waals surface area contributed by atoms with E-state index in [-0.39, 0.29) is 11.9 Å². The molecule has 70 valence electrons. The zero-order chi connectivity index (χ0) is 9.68. The standard InChI is InChI=1S/C9H11BrN2O/c1-7(12-9(13)5-10)8-3-2-4-11-6-8/h2-4,6-7H,5H2,1H3,(H,12,13)/t7-/m1/s1. The fourth-order valence-electron chi connectivity index (χ4n) is 0.995. The molecule has 1 aromatic rings. The van der Waals surface area contributed by atoms with Crippen LogP contribution in [0.15, 0.2) is 24.5 Å². The Balaban J connectivity index is 2.59. The van der Waals surface area contributed by atoms with E-state index in [4.69, 9.17) is 0 Å². The molecular formula is C9H11BrN2O. The molecule has 0 unspecified atom stereocenters. The minimum Gasteiger partial charge on any atom is -0.349 e. The molecule has 0 bridgehead atoms. The summed E-state index contributed by atoms with van der Waals surface area (Å²) in [6.07, 6.45) is 3.46. The van der Waals surface area contributed by atoms with E-state index in [0.29, 0.717) is 5.33 Å². The first kappa shape index (κ1) is 10.2. The molecule has 1 atom stereocenters. The Bertz CT molecular complexity index is 276. The van der Waals surface area contributed by atoms with Crippen molar-refractivity contribution in [3.63, 3.8) is 0 Å². The van der Waals surface area contributed by atoms with Gasteiger partial charge in [0.15, 0.2) is 0 Å². The third-order valence-electron chi connectivity index (χ3n) is 1.68. The largest absolute Gasteiger partial charge is 0.349 e. The van der Waals surface area contributed by atoms with Crippen molar-refractivity contribution in [3.05, 3.63) is 30.1 Å². The summed E-state index contributed by atoms with van der Waals surface area (Å²) in [6, 6.07) is 3.80. The van der Waals surface area contributed by atoms with Gasteiger partial charge in [-0.1, -0.05) is 22.0 Å². The Morgan fingerprint density at radius 3 is 3.08 bits per heavy atom. The van der Waals surface area contributed by atoms with Crippen LogP contribution < -0.4 is 5.32 Å². The second-order valence-corrected chi connectivity index (χ2v) is 3.27. The van der Waals surface area contributed by atoms with Crippen LogP contribution in [0.2, 0.25) is 0 Å². The van der Waals surface area contributed by atoms with Crippen LogP contribution in [0.3, 0.4) is 0 Å². The van der Waals surface area contributed by atoms with Gasteiger partial charge in [-0.3, -0.25) is 9.78 Å². The fourth-order valence-corrected chi connectivity index (χ4v) is 1.16. The first-order chi connectivity index (χ1) is 6.24.